The molecule has 1 atom stereocenters. The second kappa shape index (κ2) is 4.46. The fraction of sp³-hybridized carbons (Fsp3) is 0.538. The highest BCUT2D eigenvalue weighted by molar-refractivity contribution is 5.43. The molecule has 0 saturated carbocycles. The summed E-state index contributed by atoms with van der Waals surface area (Å²) < 4.78 is 45.3. The first kappa shape index (κ1) is 13.2. The van der Waals surface area contributed by atoms with Gasteiger partial charge in [-0.2, -0.15) is 13.2 Å². The smallest absolute Gasteiger partial charge is 0.410 e. The van der Waals surface area contributed by atoms with Crippen molar-refractivity contribution in [3.8, 4) is 5.75 Å². The van der Waals surface area contributed by atoms with E-state index in [1.54, 1.807) is 12.1 Å². The number of methoxy groups -OCH3 is 1. The standard InChI is InChI=1S/C13H16F3NO/c1-17-12(13(14,15)16)7-3-4-9-5-6-10(18-2)8-11(9)12/h5-6,8,17H,3-4,7H2,1-2H3. The summed E-state index contributed by atoms with van der Waals surface area (Å²) in [5.41, 5.74) is -0.911. The predicted octanol–water partition coefficient (Wildman–Crippen LogP) is 3.01. The van der Waals surface area contributed by atoms with E-state index >= 15 is 0 Å². The Morgan fingerprint density at radius 2 is 2.06 bits per heavy atom. The Labute approximate surface area is 104 Å². The maximum atomic E-state index is 13.4. The molecule has 0 aliphatic heterocycles. The van der Waals surface area contributed by atoms with Gasteiger partial charge in [0.15, 0.2) is 0 Å². The van der Waals surface area contributed by atoms with Crippen LogP contribution in [0.2, 0.25) is 0 Å². The van der Waals surface area contributed by atoms with E-state index in [1.165, 1.54) is 20.2 Å². The molecule has 18 heavy (non-hydrogen) atoms. The molecule has 0 fully saturated rings. The summed E-state index contributed by atoms with van der Waals surface area (Å²) in [5.74, 6) is 0.458. The van der Waals surface area contributed by atoms with E-state index in [4.69, 9.17) is 4.74 Å². The van der Waals surface area contributed by atoms with Crippen LogP contribution in [0.4, 0.5) is 13.2 Å². The molecule has 1 aromatic rings. The topological polar surface area (TPSA) is 21.3 Å². The Morgan fingerprint density at radius 3 is 2.61 bits per heavy atom. The van der Waals surface area contributed by atoms with Crippen molar-refractivity contribution in [3.05, 3.63) is 29.3 Å². The number of nitrogens with one attached hydrogen (secondary N) is 1. The molecule has 2 rings (SSSR count). The van der Waals surface area contributed by atoms with Gasteiger partial charge in [-0.15, -0.1) is 0 Å². The van der Waals surface area contributed by atoms with Gasteiger partial charge < -0.3 is 10.1 Å². The number of benzene rings is 1. The Bertz CT molecular complexity index is 444. The zero-order valence-electron chi connectivity index (χ0n) is 10.4. The molecule has 0 radical (unpaired) electrons. The summed E-state index contributed by atoms with van der Waals surface area (Å²) in [5, 5.41) is 2.48. The number of hydrogen-bond donors (Lipinski definition) is 1. The van der Waals surface area contributed by atoms with Crippen LogP contribution in [0.15, 0.2) is 18.2 Å². The summed E-state index contributed by atoms with van der Waals surface area (Å²) in [4.78, 5) is 0. The molecule has 0 bridgehead atoms. The summed E-state index contributed by atoms with van der Waals surface area (Å²) in [7, 11) is 2.82. The van der Waals surface area contributed by atoms with Crippen molar-refractivity contribution >= 4 is 0 Å². The van der Waals surface area contributed by atoms with Crippen LogP contribution in [0.3, 0.4) is 0 Å². The lowest BCUT2D eigenvalue weighted by atomic mass is 9.76. The lowest BCUT2D eigenvalue weighted by Gasteiger charge is -2.40. The minimum Gasteiger partial charge on any atom is -0.497 e. The third-order valence-electron chi connectivity index (χ3n) is 3.69. The third kappa shape index (κ3) is 1.86. The van der Waals surface area contributed by atoms with Gasteiger partial charge in [0.1, 0.15) is 11.3 Å². The molecule has 0 spiro atoms. The van der Waals surface area contributed by atoms with Crippen molar-refractivity contribution in [2.75, 3.05) is 14.2 Å². The van der Waals surface area contributed by atoms with E-state index in [-0.39, 0.29) is 6.42 Å². The van der Waals surface area contributed by atoms with Gasteiger partial charge in [0.2, 0.25) is 0 Å². The van der Waals surface area contributed by atoms with Crippen LogP contribution >= 0.6 is 0 Å². The van der Waals surface area contributed by atoms with Crippen LogP contribution < -0.4 is 10.1 Å². The fourth-order valence-electron chi connectivity index (χ4n) is 2.67. The van der Waals surface area contributed by atoms with Crippen LogP contribution in [-0.2, 0) is 12.0 Å². The van der Waals surface area contributed by atoms with E-state index in [2.05, 4.69) is 5.32 Å². The lowest BCUT2D eigenvalue weighted by Crippen LogP contribution is -2.54. The van der Waals surface area contributed by atoms with Crippen molar-refractivity contribution in [3.63, 3.8) is 0 Å². The number of aryl methyl sites for hydroxylation is 1. The molecule has 1 N–H and O–H groups in total. The molecular formula is C13H16F3NO. The van der Waals surface area contributed by atoms with E-state index in [0.29, 0.717) is 24.2 Å². The number of hydrogen-bond acceptors (Lipinski definition) is 2. The molecule has 0 saturated heterocycles. The van der Waals surface area contributed by atoms with Crippen molar-refractivity contribution in [1.82, 2.24) is 5.32 Å². The van der Waals surface area contributed by atoms with Gasteiger partial charge in [-0.1, -0.05) is 6.07 Å². The van der Waals surface area contributed by atoms with Crippen LogP contribution in [0, 0.1) is 0 Å². The predicted molar refractivity (Wildman–Crippen MR) is 62.7 cm³/mol. The summed E-state index contributed by atoms with van der Waals surface area (Å²) in [6, 6.07) is 4.94. The molecule has 5 heteroatoms. The van der Waals surface area contributed by atoms with Gasteiger partial charge in [-0.3, -0.25) is 0 Å². The molecule has 0 heterocycles. The monoisotopic (exact) mass is 259 g/mol. The molecule has 0 amide bonds. The SMILES string of the molecule is CNC1(C(F)(F)F)CCCc2ccc(OC)cc21. The average Bonchev–Trinajstić information content (AvgIpc) is 2.35. The van der Waals surface area contributed by atoms with Gasteiger partial charge in [0.05, 0.1) is 7.11 Å². The van der Waals surface area contributed by atoms with Gasteiger partial charge in [0, 0.05) is 0 Å². The number of rotatable bonds is 2. The number of alkyl halides is 3. The minimum atomic E-state index is -4.32. The molecule has 1 unspecified atom stereocenters. The summed E-state index contributed by atoms with van der Waals surface area (Å²) in [6.07, 6.45) is -3.05. The van der Waals surface area contributed by atoms with Gasteiger partial charge in [0.25, 0.3) is 0 Å². The molecule has 100 valence electrons. The Balaban J connectivity index is 2.61. The fourth-order valence-corrected chi connectivity index (χ4v) is 2.67. The second-order valence-electron chi connectivity index (χ2n) is 4.53. The first-order chi connectivity index (χ1) is 8.44. The van der Waals surface area contributed by atoms with E-state index in [0.717, 1.165) is 5.56 Å². The Morgan fingerprint density at radius 1 is 1.33 bits per heavy atom. The van der Waals surface area contributed by atoms with Crippen molar-refractivity contribution in [2.24, 2.45) is 0 Å². The van der Waals surface area contributed by atoms with E-state index in [9.17, 15) is 13.2 Å². The highest BCUT2D eigenvalue weighted by Crippen LogP contribution is 2.47. The number of fused-ring (bicyclic) bond motifs is 1. The van der Waals surface area contributed by atoms with E-state index < -0.39 is 11.7 Å². The zero-order valence-corrected chi connectivity index (χ0v) is 10.4. The molecule has 1 aliphatic carbocycles. The average molecular weight is 259 g/mol. The third-order valence-corrected chi connectivity index (χ3v) is 3.69. The minimum absolute atomic E-state index is 0.0627. The maximum absolute atomic E-state index is 13.4. The molecule has 2 nitrogen and oxygen atoms in total. The largest absolute Gasteiger partial charge is 0.497 e. The van der Waals surface area contributed by atoms with Gasteiger partial charge in [-0.25, -0.2) is 0 Å². The maximum Gasteiger partial charge on any atom is 0.410 e. The Kier molecular flexibility index (Phi) is 3.27. The van der Waals surface area contributed by atoms with Crippen LogP contribution in [-0.4, -0.2) is 20.3 Å². The Hall–Kier alpha value is -1.23. The van der Waals surface area contributed by atoms with Crippen LogP contribution in [0.25, 0.3) is 0 Å². The quantitative estimate of drug-likeness (QED) is 0.881. The normalized spacial score (nSPS) is 23.6. The number of halogens is 3. The van der Waals surface area contributed by atoms with Gasteiger partial charge >= 0.3 is 6.18 Å². The summed E-state index contributed by atoms with van der Waals surface area (Å²) in [6.45, 7) is 0. The molecule has 1 aromatic carbocycles. The summed E-state index contributed by atoms with van der Waals surface area (Å²) >= 11 is 0. The molecular weight excluding hydrogens is 243 g/mol. The highest BCUT2D eigenvalue weighted by atomic mass is 19.4. The van der Waals surface area contributed by atoms with Gasteiger partial charge in [-0.05, 0) is 49.6 Å². The zero-order chi connectivity index (χ0) is 13.4. The number of ether oxygens (including phenoxy) is 1. The first-order valence-corrected chi connectivity index (χ1v) is 5.87. The lowest BCUT2D eigenvalue weighted by molar-refractivity contribution is -0.203. The van der Waals surface area contributed by atoms with Crippen molar-refractivity contribution in [1.29, 1.82) is 0 Å². The molecule has 0 aromatic heterocycles. The second-order valence-corrected chi connectivity index (χ2v) is 4.53. The highest BCUT2D eigenvalue weighted by Gasteiger charge is 2.56. The van der Waals surface area contributed by atoms with Crippen LogP contribution in [0.1, 0.15) is 24.0 Å². The van der Waals surface area contributed by atoms with E-state index in [1.807, 2.05) is 0 Å². The van der Waals surface area contributed by atoms with Crippen LogP contribution in [0.5, 0.6) is 5.75 Å². The van der Waals surface area contributed by atoms with Crippen molar-refractivity contribution in [2.45, 2.75) is 31.0 Å². The molecule has 1 aliphatic rings. The van der Waals surface area contributed by atoms with Crippen molar-refractivity contribution < 1.29 is 17.9 Å². The first-order valence-electron chi connectivity index (χ1n) is 5.87.